The van der Waals surface area contributed by atoms with Gasteiger partial charge in [-0.15, -0.1) is 0 Å². The second kappa shape index (κ2) is 9.82. The van der Waals surface area contributed by atoms with Crippen LogP contribution in [0.5, 0.6) is 11.5 Å². The number of imide groups is 1. The van der Waals surface area contributed by atoms with Gasteiger partial charge >= 0.3 is 5.97 Å². The Balaban J connectivity index is 2.21. The molecule has 0 atom stereocenters. The number of nitrogens with zero attached hydrogens (tertiary/aromatic N) is 1. The minimum atomic E-state index is -0.622. The van der Waals surface area contributed by atoms with Gasteiger partial charge in [-0.2, -0.15) is 0 Å². The van der Waals surface area contributed by atoms with Crippen LogP contribution in [0.15, 0.2) is 35.8 Å². The highest BCUT2D eigenvalue weighted by Gasteiger charge is 2.36. The summed E-state index contributed by atoms with van der Waals surface area (Å²) in [6.07, 6.45) is 3.21. The highest BCUT2D eigenvalue weighted by atomic mass is 32.2. The van der Waals surface area contributed by atoms with Gasteiger partial charge in [0.2, 0.25) is 0 Å². The molecule has 2 rings (SSSR count). The molecule has 0 aromatic heterocycles. The largest absolute Gasteiger partial charge is 0.490 e. The highest BCUT2D eigenvalue weighted by molar-refractivity contribution is 8.18. The molecule has 7 nitrogen and oxygen atoms in total. The first-order valence-electron chi connectivity index (χ1n) is 8.41. The molecular formula is C19H21NO6S. The summed E-state index contributed by atoms with van der Waals surface area (Å²) >= 11 is 0.779. The molecule has 0 saturated carbocycles. The van der Waals surface area contributed by atoms with E-state index in [9.17, 15) is 14.4 Å². The molecule has 1 aromatic carbocycles. The number of ether oxygens (including phenoxy) is 3. The van der Waals surface area contributed by atoms with Crippen LogP contribution in [0.3, 0.4) is 0 Å². The number of hydrogen-bond acceptors (Lipinski definition) is 7. The third-order valence-electron chi connectivity index (χ3n) is 3.39. The van der Waals surface area contributed by atoms with E-state index in [0.29, 0.717) is 30.3 Å². The first kappa shape index (κ1) is 20.6. The maximum atomic E-state index is 12.4. The number of hydrogen-bond donors (Lipinski definition) is 0. The van der Waals surface area contributed by atoms with Crippen LogP contribution in [-0.4, -0.2) is 48.4 Å². The molecule has 1 fully saturated rings. The Hall–Kier alpha value is -2.74. The minimum absolute atomic E-state index is 0.186. The summed E-state index contributed by atoms with van der Waals surface area (Å²) in [5.74, 6) is -0.0606. The normalized spacial score (nSPS) is 15.2. The monoisotopic (exact) mass is 391 g/mol. The van der Waals surface area contributed by atoms with Gasteiger partial charge < -0.3 is 14.2 Å². The molecule has 0 radical (unpaired) electrons. The van der Waals surface area contributed by atoms with E-state index < -0.39 is 23.7 Å². The number of rotatable bonds is 9. The molecule has 8 heteroatoms. The molecule has 1 saturated heterocycles. The molecule has 144 valence electrons. The lowest BCUT2D eigenvalue weighted by Crippen LogP contribution is -2.34. The quantitative estimate of drug-likeness (QED) is 0.363. The molecule has 0 bridgehead atoms. The van der Waals surface area contributed by atoms with Crippen molar-refractivity contribution in [2.24, 2.45) is 0 Å². The standard InChI is InChI=1S/C19H21NO6S/c1-4-9-26-14-8-7-13(10-15(14)24-5-2)11-16-18(22)20(19(23)27-16)12-17(21)25-6-3/h4,7-8,10-11H,1,5-6,9,12H2,2-3H3/b16-11-. The summed E-state index contributed by atoms with van der Waals surface area (Å²) in [6.45, 7) is 7.69. The van der Waals surface area contributed by atoms with Crippen LogP contribution in [0.2, 0.25) is 0 Å². The molecule has 0 aliphatic carbocycles. The van der Waals surface area contributed by atoms with Gasteiger partial charge in [0.25, 0.3) is 11.1 Å². The molecule has 1 aromatic rings. The van der Waals surface area contributed by atoms with E-state index in [1.165, 1.54) is 0 Å². The average Bonchev–Trinajstić information content (AvgIpc) is 2.89. The zero-order valence-corrected chi connectivity index (χ0v) is 16.0. The predicted molar refractivity (Wildman–Crippen MR) is 103 cm³/mol. The molecule has 1 aliphatic heterocycles. The van der Waals surface area contributed by atoms with Gasteiger partial charge in [-0.25, -0.2) is 0 Å². The van der Waals surface area contributed by atoms with Crippen LogP contribution < -0.4 is 9.47 Å². The fraction of sp³-hybridized carbons (Fsp3) is 0.316. The Kier molecular flexibility index (Phi) is 7.48. The van der Waals surface area contributed by atoms with Crippen molar-refractivity contribution in [3.8, 4) is 11.5 Å². The Bertz CT molecular complexity index is 773. The Morgan fingerprint density at radius 2 is 1.96 bits per heavy atom. The van der Waals surface area contributed by atoms with Crippen molar-refractivity contribution in [1.29, 1.82) is 0 Å². The lowest BCUT2D eigenvalue weighted by atomic mass is 10.2. The Morgan fingerprint density at radius 1 is 1.19 bits per heavy atom. The minimum Gasteiger partial charge on any atom is -0.490 e. The fourth-order valence-corrected chi connectivity index (χ4v) is 3.11. The van der Waals surface area contributed by atoms with E-state index >= 15 is 0 Å². The summed E-state index contributed by atoms with van der Waals surface area (Å²) in [6, 6.07) is 5.20. The Morgan fingerprint density at radius 3 is 2.63 bits per heavy atom. The Labute approximate surface area is 161 Å². The SMILES string of the molecule is C=CCOc1ccc(/C=C2\SC(=O)N(CC(=O)OCC)C2=O)cc1OCC. The van der Waals surface area contributed by atoms with Crippen LogP contribution in [0, 0.1) is 0 Å². The molecule has 1 heterocycles. The third-order valence-corrected chi connectivity index (χ3v) is 4.30. The molecular weight excluding hydrogens is 370 g/mol. The van der Waals surface area contributed by atoms with Crippen LogP contribution in [0.25, 0.3) is 6.08 Å². The molecule has 0 unspecified atom stereocenters. The van der Waals surface area contributed by atoms with Crippen LogP contribution >= 0.6 is 11.8 Å². The summed E-state index contributed by atoms with van der Waals surface area (Å²) in [7, 11) is 0. The van der Waals surface area contributed by atoms with E-state index in [1.807, 2.05) is 6.92 Å². The summed E-state index contributed by atoms with van der Waals surface area (Å²) in [5.41, 5.74) is 0.672. The molecule has 1 aliphatic rings. The number of benzene rings is 1. The van der Waals surface area contributed by atoms with Gasteiger partial charge in [-0.3, -0.25) is 19.3 Å². The van der Waals surface area contributed by atoms with Crippen molar-refractivity contribution < 1.29 is 28.6 Å². The van der Waals surface area contributed by atoms with Gasteiger partial charge in [-0.05, 0) is 49.4 Å². The fourth-order valence-electron chi connectivity index (χ4n) is 2.27. The van der Waals surface area contributed by atoms with Crippen molar-refractivity contribution in [2.45, 2.75) is 13.8 Å². The molecule has 2 amide bonds. The number of esters is 1. The zero-order valence-electron chi connectivity index (χ0n) is 15.2. The number of carbonyl (C=O) groups excluding carboxylic acids is 3. The van der Waals surface area contributed by atoms with Gasteiger partial charge in [-0.1, -0.05) is 18.7 Å². The zero-order chi connectivity index (χ0) is 19.8. The molecule has 27 heavy (non-hydrogen) atoms. The second-order valence-electron chi connectivity index (χ2n) is 5.31. The van der Waals surface area contributed by atoms with Crippen LogP contribution in [0.4, 0.5) is 4.79 Å². The lowest BCUT2D eigenvalue weighted by Gasteiger charge is -2.12. The van der Waals surface area contributed by atoms with E-state index in [0.717, 1.165) is 16.7 Å². The van der Waals surface area contributed by atoms with E-state index in [1.54, 1.807) is 37.3 Å². The van der Waals surface area contributed by atoms with Gasteiger partial charge in [0.05, 0.1) is 18.1 Å². The van der Waals surface area contributed by atoms with Gasteiger partial charge in [0, 0.05) is 0 Å². The predicted octanol–water partition coefficient (Wildman–Crippen LogP) is 3.25. The molecule has 0 N–H and O–H groups in total. The van der Waals surface area contributed by atoms with Crippen molar-refractivity contribution in [1.82, 2.24) is 4.90 Å². The lowest BCUT2D eigenvalue weighted by molar-refractivity contribution is -0.145. The third kappa shape index (κ3) is 5.37. The smallest absolute Gasteiger partial charge is 0.326 e. The van der Waals surface area contributed by atoms with Crippen molar-refractivity contribution >= 4 is 35.0 Å². The van der Waals surface area contributed by atoms with Gasteiger partial charge in [0.15, 0.2) is 11.5 Å². The van der Waals surface area contributed by atoms with E-state index in [-0.39, 0.29) is 11.5 Å². The maximum absolute atomic E-state index is 12.4. The number of amides is 2. The first-order valence-corrected chi connectivity index (χ1v) is 9.23. The first-order chi connectivity index (χ1) is 13.0. The van der Waals surface area contributed by atoms with Gasteiger partial charge in [0.1, 0.15) is 13.2 Å². The van der Waals surface area contributed by atoms with Crippen molar-refractivity contribution in [2.75, 3.05) is 26.4 Å². The summed E-state index contributed by atoms with van der Waals surface area (Å²) in [5, 5.41) is -0.504. The molecule has 0 spiro atoms. The van der Waals surface area contributed by atoms with E-state index in [2.05, 4.69) is 6.58 Å². The summed E-state index contributed by atoms with van der Waals surface area (Å²) < 4.78 is 15.9. The van der Waals surface area contributed by atoms with Crippen molar-refractivity contribution in [3.63, 3.8) is 0 Å². The van der Waals surface area contributed by atoms with E-state index in [4.69, 9.17) is 14.2 Å². The number of thioether (sulfide) groups is 1. The summed E-state index contributed by atoms with van der Waals surface area (Å²) in [4.78, 5) is 37.1. The highest BCUT2D eigenvalue weighted by Crippen LogP contribution is 2.34. The number of carbonyl (C=O) groups is 3. The topological polar surface area (TPSA) is 82.1 Å². The maximum Gasteiger partial charge on any atom is 0.326 e. The van der Waals surface area contributed by atoms with Crippen LogP contribution in [0.1, 0.15) is 19.4 Å². The van der Waals surface area contributed by atoms with Crippen molar-refractivity contribution in [3.05, 3.63) is 41.3 Å². The average molecular weight is 391 g/mol. The van der Waals surface area contributed by atoms with Crippen LogP contribution in [-0.2, 0) is 14.3 Å². The second-order valence-corrected chi connectivity index (χ2v) is 6.30.